The van der Waals surface area contributed by atoms with Gasteiger partial charge in [0.2, 0.25) is 0 Å². The zero-order valence-corrected chi connectivity index (χ0v) is 11.6. The zero-order chi connectivity index (χ0) is 12.4. The lowest BCUT2D eigenvalue weighted by Gasteiger charge is -2.07. The summed E-state index contributed by atoms with van der Waals surface area (Å²) >= 11 is 2.94. The van der Waals surface area contributed by atoms with E-state index in [4.69, 9.17) is 0 Å². The molecule has 5 nitrogen and oxygen atoms in total. The van der Waals surface area contributed by atoms with Crippen LogP contribution in [0.5, 0.6) is 0 Å². The van der Waals surface area contributed by atoms with E-state index in [1.165, 1.54) is 24.4 Å². The molecule has 0 spiro atoms. The van der Waals surface area contributed by atoms with E-state index < -0.39 is 0 Å². The Bertz CT molecular complexity index is 524. The van der Waals surface area contributed by atoms with Crippen molar-refractivity contribution in [1.82, 2.24) is 19.3 Å². The third-order valence-corrected chi connectivity index (χ3v) is 4.19. The van der Waals surface area contributed by atoms with E-state index in [0.717, 1.165) is 27.6 Å². The van der Waals surface area contributed by atoms with E-state index in [0.29, 0.717) is 5.92 Å². The zero-order valence-electron chi connectivity index (χ0n) is 9.96. The summed E-state index contributed by atoms with van der Waals surface area (Å²) in [4.78, 5) is 13.3. The van der Waals surface area contributed by atoms with E-state index in [9.17, 15) is 0 Å². The smallest absolute Gasteiger partial charge is 0.175 e. The van der Waals surface area contributed by atoms with E-state index in [2.05, 4.69) is 31.6 Å². The van der Waals surface area contributed by atoms with Gasteiger partial charge in [0.05, 0.1) is 0 Å². The van der Waals surface area contributed by atoms with Crippen LogP contribution in [0.3, 0.4) is 0 Å². The molecule has 0 saturated heterocycles. The summed E-state index contributed by atoms with van der Waals surface area (Å²) in [6.45, 7) is 2.93. The van der Waals surface area contributed by atoms with Crippen LogP contribution in [-0.4, -0.2) is 25.9 Å². The minimum Gasteiger partial charge on any atom is -0.370 e. The normalized spacial score (nSPS) is 14.7. The first-order valence-electron chi connectivity index (χ1n) is 5.92. The minimum absolute atomic E-state index is 0.553. The maximum Gasteiger partial charge on any atom is 0.175 e. The molecular weight excluding hydrogens is 266 g/mol. The van der Waals surface area contributed by atoms with Crippen molar-refractivity contribution in [2.24, 2.45) is 0 Å². The van der Waals surface area contributed by atoms with Crippen LogP contribution in [-0.2, 0) is 0 Å². The summed E-state index contributed by atoms with van der Waals surface area (Å²) in [6.07, 6.45) is 3.98. The Labute approximate surface area is 114 Å². The summed E-state index contributed by atoms with van der Waals surface area (Å²) in [7, 11) is 0. The fraction of sp³-hybridized carbons (Fsp3) is 0.455. The molecule has 1 fully saturated rings. The third-order valence-electron chi connectivity index (χ3n) is 2.55. The van der Waals surface area contributed by atoms with Gasteiger partial charge in [-0.1, -0.05) is 0 Å². The highest BCUT2D eigenvalue weighted by Gasteiger charge is 2.27. The number of nitrogens with zero attached hydrogens (tertiary/aromatic N) is 4. The fourth-order valence-corrected chi connectivity index (χ4v) is 2.99. The van der Waals surface area contributed by atoms with Crippen molar-refractivity contribution >= 4 is 29.1 Å². The average molecular weight is 279 g/mol. The number of aromatic nitrogens is 4. The van der Waals surface area contributed by atoms with Crippen LogP contribution in [0.15, 0.2) is 21.8 Å². The molecule has 7 heteroatoms. The van der Waals surface area contributed by atoms with Gasteiger partial charge in [0.1, 0.15) is 23.0 Å². The average Bonchev–Trinajstić information content (AvgIpc) is 3.09. The first-order valence-corrected chi connectivity index (χ1v) is 7.51. The Hall–Kier alpha value is -1.21. The molecular formula is C11H13N5S2. The Balaban J connectivity index is 1.87. The van der Waals surface area contributed by atoms with Crippen molar-refractivity contribution in [3.05, 3.63) is 18.2 Å². The standard InChI is InChI=1S/C11H13N5S2/c1-2-12-8-5-9(17-11-13-6-14-18-11)16-10(15-8)7-3-4-7/h5-7H,2-4H2,1H3,(H,12,15,16). The molecule has 2 aromatic rings. The number of anilines is 1. The Kier molecular flexibility index (Phi) is 3.42. The molecule has 2 aromatic heterocycles. The quantitative estimate of drug-likeness (QED) is 0.849. The molecule has 0 atom stereocenters. The van der Waals surface area contributed by atoms with Gasteiger partial charge in [-0.2, -0.15) is 4.37 Å². The van der Waals surface area contributed by atoms with Crippen molar-refractivity contribution in [3.63, 3.8) is 0 Å². The molecule has 1 saturated carbocycles. The highest BCUT2D eigenvalue weighted by Crippen LogP contribution is 2.39. The van der Waals surface area contributed by atoms with Crippen LogP contribution in [0, 0.1) is 0 Å². The lowest BCUT2D eigenvalue weighted by atomic mass is 10.4. The molecule has 0 amide bonds. The van der Waals surface area contributed by atoms with E-state index in [1.54, 1.807) is 18.1 Å². The maximum atomic E-state index is 4.60. The highest BCUT2D eigenvalue weighted by molar-refractivity contribution is 8.00. The molecule has 1 aliphatic rings. The molecule has 0 aliphatic heterocycles. The van der Waals surface area contributed by atoms with Gasteiger partial charge in [-0.15, -0.1) is 0 Å². The predicted octanol–water partition coefficient (Wildman–Crippen LogP) is 2.79. The van der Waals surface area contributed by atoms with E-state index in [1.807, 2.05) is 6.07 Å². The Morgan fingerprint density at radius 2 is 2.33 bits per heavy atom. The van der Waals surface area contributed by atoms with Crippen molar-refractivity contribution in [2.45, 2.75) is 35.0 Å². The van der Waals surface area contributed by atoms with Crippen LogP contribution in [0.25, 0.3) is 0 Å². The van der Waals surface area contributed by atoms with Crippen LogP contribution in [0.2, 0.25) is 0 Å². The number of hydrogen-bond acceptors (Lipinski definition) is 7. The van der Waals surface area contributed by atoms with Gasteiger partial charge < -0.3 is 5.32 Å². The van der Waals surface area contributed by atoms with Gasteiger partial charge in [0.25, 0.3) is 0 Å². The molecule has 0 aromatic carbocycles. The molecule has 3 rings (SSSR count). The Morgan fingerprint density at radius 3 is 3.00 bits per heavy atom. The SMILES string of the molecule is CCNc1cc(Sc2ncns2)nc(C2CC2)n1. The van der Waals surface area contributed by atoms with Gasteiger partial charge in [0, 0.05) is 18.5 Å². The summed E-state index contributed by atoms with van der Waals surface area (Å²) in [6, 6.07) is 1.97. The van der Waals surface area contributed by atoms with Crippen LogP contribution >= 0.6 is 23.3 Å². The molecule has 2 heterocycles. The lowest BCUT2D eigenvalue weighted by molar-refractivity contribution is 0.876. The summed E-state index contributed by atoms with van der Waals surface area (Å²) in [5.41, 5.74) is 0. The minimum atomic E-state index is 0.553. The Morgan fingerprint density at radius 1 is 1.44 bits per heavy atom. The largest absolute Gasteiger partial charge is 0.370 e. The fourth-order valence-electron chi connectivity index (χ4n) is 1.59. The second kappa shape index (κ2) is 5.19. The van der Waals surface area contributed by atoms with Crippen molar-refractivity contribution in [1.29, 1.82) is 0 Å². The highest BCUT2D eigenvalue weighted by atomic mass is 32.2. The molecule has 18 heavy (non-hydrogen) atoms. The second-order valence-corrected chi connectivity index (χ2v) is 6.11. The summed E-state index contributed by atoms with van der Waals surface area (Å²) in [5, 5.41) is 4.20. The van der Waals surface area contributed by atoms with Crippen molar-refractivity contribution in [3.8, 4) is 0 Å². The van der Waals surface area contributed by atoms with E-state index in [-0.39, 0.29) is 0 Å². The number of hydrogen-bond donors (Lipinski definition) is 1. The van der Waals surface area contributed by atoms with Crippen LogP contribution in [0.4, 0.5) is 5.82 Å². The van der Waals surface area contributed by atoms with Gasteiger partial charge in [-0.05, 0) is 43.1 Å². The predicted molar refractivity (Wildman–Crippen MR) is 72.2 cm³/mol. The van der Waals surface area contributed by atoms with Gasteiger partial charge in [0.15, 0.2) is 4.34 Å². The van der Waals surface area contributed by atoms with Crippen LogP contribution in [0.1, 0.15) is 31.5 Å². The van der Waals surface area contributed by atoms with Gasteiger partial charge in [-0.25, -0.2) is 15.0 Å². The van der Waals surface area contributed by atoms with Crippen molar-refractivity contribution in [2.75, 3.05) is 11.9 Å². The number of nitrogens with one attached hydrogen (secondary N) is 1. The molecule has 94 valence electrons. The van der Waals surface area contributed by atoms with Gasteiger partial charge >= 0.3 is 0 Å². The molecule has 0 unspecified atom stereocenters. The first kappa shape index (κ1) is 11.9. The molecule has 0 bridgehead atoms. The summed E-state index contributed by atoms with van der Waals surface area (Å²) in [5.74, 6) is 2.42. The maximum absolute atomic E-state index is 4.60. The molecule has 0 radical (unpaired) electrons. The molecule has 1 N–H and O–H groups in total. The molecule has 1 aliphatic carbocycles. The lowest BCUT2D eigenvalue weighted by Crippen LogP contribution is -2.03. The number of rotatable bonds is 5. The third kappa shape index (κ3) is 2.78. The van der Waals surface area contributed by atoms with Crippen molar-refractivity contribution < 1.29 is 0 Å². The second-order valence-electron chi connectivity index (χ2n) is 4.06. The monoisotopic (exact) mass is 279 g/mol. The van der Waals surface area contributed by atoms with Crippen LogP contribution < -0.4 is 5.32 Å². The van der Waals surface area contributed by atoms with E-state index >= 15 is 0 Å². The van der Waals surface area contributed by atoms with Gasteiger partial charge in [-0.3, -0.25) is 0 Å². The summed E-state index contributed by atoms with van der Waals surface area (Å²) < 4.78 is 4.91. The topological polar surface area (TPSA) is 63.6 Å². The first-order chi connectivity index (χ1) is 8.85.